The number of nitrogens with two attached hydrogens (primary N) is 1. The van der Waals surface area contributed by atoms with E-state index in [1.807, 2.05) is 54.6 Å². The second-order valence-corrected chi connectivity index (χ2v) is 3.52. The Morgan fingerprint density at radius 2 is 1.50 bits per heavy atom. The molecule has 1 heteroatoms. The second-order valence-electron chi connectivity index (χ2n) is 3.52. The number of hydrogen-bond acceptors (Lipinski definition) is 1. The molecule has 0 radical (unpaired) electrons. The van der Waals surface area contributed by atoms with Gasteiger partial charge in [-0.1, -0.05) is 42.2 Å². The summed E-state index contributed by atoms with van der Waals surface area (Å²) >= 11 is 0. The Bertz CT molecular complexity index is 518. The molecule has 2 aromatic carbocycles. The third-order valence-electron chi connectivity index (χ3n) is 2.29. The zero-order valence-corrected chi connectivity index (χ0v) is 8.98. The van der Waals surface area contributed by atoms with Crippen molar-refractivity contribution in [3.05, 3.63) is 71.3 Å². The van der Waals surface area contributed by atoms with Gasteiger partial charge in [-0.3, -0.25) is 0 Å². The van der Waals surface area contributed by atoms with Crippen LogP contribution in [0.3, 0.4) is 0 Å². The molecule has 0 saturated carbocycles. The van der Waals surface area contributed by atoms with Crippen molar-refractivity contribution in [3.63, 3.8) is 0 Å². The summed E-state index contributed by atoms with van der Waals surface area (Å²) in [5.41, 5.74) is 8.72. The Labute approximate surface area is 95.9 Å². The minimum Gasteiger partial charge on any atom is -0.326 e. The van der Waals surface area contributed by atoms with E-state index >= 15 is 0 Å². The van der Waals surface area contributed by atoms with E-state index in [0.29, 0.717) is 6.54 Å². The largest absolute Gasteiger partial charge is 0.326 e. The van der Waals surface area contributed by atoms with Gasteiger partial charge in [-0.05, 0) is 29.8 Å². The molecule has 0 aliphatic rings. The molecule has 0 aliphatic heterocycles. The van der Waals surface area contributed by atoms with Crippen molar-refractivity contribution in [2.45, 2.75) is 6.54 Å². The van der Waals surface area contributed by atoms with Gasteiger partial charge >= 0.3 is 0 Å². The predicted molar refractivity (Wildman–Crippen MR) is 66.8 cm³/mol. The van der Waals surface area contributed by atoms with Gasteiger partial charge in [-0.2, -0.15) is 0 Å². The van der Waals surface area contributed by atoms with Crippen LogP contribution in [-0.2, 0) is 6.54 Å². The van der Waals surface area contributed by atoms with E-state index in [1.54, 1.807) is 0 Å². The van der Waals surface area contributed by atoms with Crippen LogP contribution in [-0.4, -0.2) is 0 Å². The molecule has 0 atom stereocenters. The van der Waals surface area contributed by atoms with Gasteiger partial charge in [-0.25, -0.2) is 0 Å². The summed E-state index contributed by atoms with van der Waals surface area (Å²) in [6, 6.07) is 18.0. The third-order valence-corrected chi connectivity index (χ3v) is 2.29. The number of benzene rings is 2. The van der Waals surface area contributed by atoms with Crippen LogP contribution in [0.15, 0.2) is 54.6 Å². The molecule has 2 rings (SSSR count). The lowest BCUT2D eigenvalue weighted by Gasteiger charge is -1.96. The first-order chi connectivity index (χ1) is 7.88. The smallest absolute Gasteiger partial charge is 0.0252 e. The van der Waals surface area contributed by atoms with Gasteiger partial charge < -0.3 is 5.73 Å². The summed E-state index contributed by atoms with van der Waals surface area (Å²) in [6.45, 7) is 0.556. The zero-order chi connectivity index (χ0) is 11.2. The van der Waals surface area contributed by atoms with Crippen molar-refractivity contribution in [1.29, 1.82) is 0 Å². The molecule has 16 heavy (non-hydrogen) atoms. The molecule has 0 aromatic heterocycles. The Kier molecular flexibility index (Phi) is 3.38. The van der Waals surface area contributed by atoms with Crippen molar-refractivity contribution < 1.29 is 0 Å². The van der Waals surface area contributed by atoms with Crippen LogP contribution in [0.5, 0.6) is 0 Å². The van der Waals surface area contributed by atoms with Crippen LogP contribution in [0.1, 0.15) is 16.7 Å². The number of hydrogen-bond donors (Lipinski definition) is 1. The van der Waals surface area contributed by atoms with Gasteiger partial charge in [0.1, 0.15) is 0 Å². The number of rotatable bonds is 1. The standard InChI is InChI=1S/C15H13N/c16-12-15-8-4-7-14(11-15)10-9-13-5-2-1-3-6-13/h1-8,11H,12,16H2. The molecular weight excluding hydrogens is 194 g/mol. The van der Waals surface area contributed by atoms with E-state index in [-0.39, 0.29) is 0 Å². The molecule has 0 fully saturated rings. The third kappa shape index (κ3) is 2.73. The van der Waals surface area contributed by atoms with E-state index in [1.165, 1.54) is 0 Å². The molecule has 0 amide bonds. The highest BCUT2D eigenvalue weighted by Crippen LogP contribution is 2.03. The van der Waals surface area contributed by atoms with Gasteiger partial charge in [0.05, 0.1) is 0 Å². The van der Waals surface area contributed by atoms with Crippen molar-refractivity contribution in [2.24, 2.45) is 5.73 Å². The van der Waals surface area contributed by atoms with Crippen molar-refractivity contribution >= 4 is 0 Å². The van der Waals surface area contributed by atoms with Crippen LogP contribution in [0.25, 0.3) is 0 Å². The van der Waals surface area contributed by atoms with Crippen molar-refractivity contribution in [1.82, 2.24) is 0 Å². The summed E-state index contributed by atoms with van der Waals surface area (Å²) < 4.78 is 0. The maximum Gasteiger partial charge on any atom is 0.0252 e. The average molecular weight is 207 g/mol. The lowest BCUT2D eigenvalue weighted by atomic mass is 10.1. The molecule has 0 saturated heterocycles. The summed E-state index contributed by atoms with van der Waals surface area (Å²) in [5.74, 6) is 6.25. The summed E-state index contributed by atoms with van der Waals surface area (Å²) in [6.07, 6.45) is 0. The van der Waals surface area contributed by atoms with Gasteiger partial charge in [-0.15, -0.1) is 0 Å². The normalized spacial score (nSPS) is 9.31. The van der Waals surface area contributed by atoms with E-state index in [4.69, 9.17) is 5.73 Å². The van der Waals surface area contributed by atoms with Crippen molar-refractivity contribution in [2.75, 3.05) is 0 Å². The van der Waals surface area contributed by atoms with E-state index in [0.717, 1.165) is 16.7 Å². The Morgan fingerprint density at radius 1 is 0.812 bits per heavy atom. The Hall–Kier alpha value is -2.04. The first-order valence-corrected chi connectivity index (χ1v) is 5.24. The van der Waals surface area contributed by atoms with Crippen LogP contribution in [0.2, 0.25) is 0 Å². The molecule has 0 spiro atoms. The van der Waals surface area contributed by atoms with Gasteiger partial charge in [0, 0.05) is 17.7 Å². The lowest BCUT2D eigenvalue weighted by molar-refractivity contribution is 1.07. The maximum absolute atomic E-state index is 5.58. The molecule has 2 aromatic rings. The highest BCUT2D eigenvalue weighted by Gasteiger charge is 1.90. The fourth-order valence-electron chi connectivity index (χ4n) is 1.44. The van der Waals surface area contributed by atoms with Gasteiger partial charge in [0.25, 0.3) is 0 Å². The van der Waals surface area contributed by atoms with E-state index in [2.05, 4.69) is 11.8 Å². The van der Waals surface area contributed by atoms with E-state index < -0.39 is 0 Å². The van der Waals surface area contributed by atoms with Crippen LogP contribution in [0, 0.1) is 11.8 Å². The minimum atomic E-state index is 0.556. The topological polar surface area (TPSA) is 26.0 Å². The monoisotopic (exact) mass is 207 g/mol. The molecule has 1 nitrogen and oxygen atoms in total. The fraction of sp³-hybridized carbons (Fsp3) is 0.0667. The van der Waals surface area contributed by atoms with Gasteiger partial charge in [0.15, 0.2) is 0 Å². The van der Waals surface area contributed by atoms with Gasteiger partial charge in [0.2, 0.25) is 0 Å². The Morgan fingerprint density at radius 3 is 2.25 bits per heavy atom. The molecular formula is C15H13N. The lowest BCUT2D eigenvalue weighted by Crippen LogP contribution is -1.95. The first-order valence-electron chi connectivity index (χ1n) is 5.24. The molecule has 78 valence electrons. The first kappa shape index (κ1) is 10.5. The summed E-state index contributed by atoms with van der Waals surface area (Å²) in [4.78, 5) is 0. The summed E-state index contributed by atoms with van der Waals surface area (Å²) in [5, 5.41) is 0. The molecule has 2 N–H and O–H groups in total. The highest BCUT2D eigenvalue weighted by atomic mass is 14.5. The molecule has 0 unspecified atom stereocenters. The SMILES string of the molecule is NCc1cccc(C#Cc2ccccc2)c1. The van der Waals surface area contributed by atoms with Crippen LogP contribution >= 0.6 is 0 Å². The average Bonchev–Trinajstić information content (AvgIpc) is 2.38. The molecule has 0 bridgehead atoms. The fourth-order valence-corrected chi connectivity index (χ4v) is 1.44. The maximum atomic E-state index is 5.58. The Balaban J connectivity index is 2.24. The quantitative estimate of drug-likeness (QED) is 0.714. The second kappa shape index (κ2) is 5.16. The minimum absolute atomic E-state index is 0.556. The molecule has 0 aliphatic carbocycles. The molecule has 0 heterocycles. The van der Waals surface area contributed by atoms with E-state index in [9.17, 15) is 0 Å². The zero-order valence-electron chi connectivity index (χ0n) is 8.98. The van der Waals surface area contributed by atoms with Crippen LogP contribution in [0.4, 0.5) is 0 Å². The predicted octanol–water partition coefficient (Wildman–Crippen LogP) is 2.55. The highest BCUT2D eigenvalue weighted by molar-refractivity contribution is 5.43. The van der Waals surface area contributed by atoms with Crippen LogP contribution < -0.4 is 5.73 Å². The summed E-state index contributed by atoms with van der Waals surface area (Å²) in [7, 11) is 0. The van der Waals surface area contributed by atoms with Crippen molar-refractivity contribution in [3.8, 4) is 11.8 Å².